The number of aromatic amines is 1. The number of rotatable bonds is 3. The van der Waals surface area contributed by atoms with Gasteiger partial charge in [0.05, 0.1) is 6.21 Å². The standard InChI is InChI=1S/C12H13FN4S/c1-8(2)11-15-16-12(18)17(11)14-7-9-5-3-4-6-10(9)13/h3-8H,1-2H3,(H,16,18)/b14-7+. The normalized spacial score (nSPS) is 11.6. The molecule has 2 rings (SSSR count). The van der Waals surface area contributed by atoms with E-state index in [2.05, 4.69) is 15.3 Å². The van der Waals surface area contributed by atoms with E-state index in [1.54, 1.807) is 18.2 Å². The third-order valence-electron chi connectivity index (χ3n) is 2.41. The minimum Gasteiger partial charge on any atom is -0.250 e. The van der Waals surface area contributed by atoms with E-state index in [0.717, 1.165) is 0 Å². The van der Waals surface area contributed by atoms with Crippen molar-refractivity contribution in [1.29, 1.82) is 0 Å². The van der Waals surface area contributed by atoms with Gasteiger partial charge in [0.25, 0.3) is 0 Å². The number of aromatic nitrogens is 3. The van der Waals surface area contributed by atoms with Crippen molar-refractivity contribution in [2.45, 2.75) is 19.8 Å². The van der Waals surface area contributed by atoms with Crippen molar-refractivity contribution < 1.29 is 4.39 Å². The van der Waals surface area contributed by atoms with Gasteiger partial charge in [-0.05, 0) is 18.3 Å². The van der Waals surface area contributed by atoms with Gasteiger partial charge >= 0.3 is 0 Å². The Morgan fingerprint density at radius 2 is 2.17 bits per heavy atom. The second-order valence-electron chi connectivity index (χ2n) is 4.12. The lowest BCUT2D eigenvalue weighted by Gasteiger charge is -2.02. The Kier molecular flexibility index (Phi) is 3.66. The predicted molar refractivity (Wildman–Crippen MR) is 70.9 cm³/mol. The molecule has 1 aromatic heterocycles. The van der Waals surface area contributed by atoms with E-state index in [-0.39, 0.29) is 11.7 Å². The van der Waals surface area contributed by atoms with E-state index >= 15 is 0 Å². The maximum atomic E-state index is 13.4. The summed E-state index contributed by atoms with van der Waals surface area (Å²) in [6, 6.07) is 6.43. The summed E-state index contributed by atoms with van der Waals surface area (Å²) in [5.41, 5.74) is 0.412. The van der Waals surface area contributed by atoms with Crippen LogP contribution in [0, 0.1) is 10.6 Å². The highest BCUT2D eigenvalue weighted by Gasteiger charge is 2.08. The number of hydrogen-bond acceptors (Lipinski definition) is 3. The van der Waals surface area contributed by atoms with Crippen LogP contribution in [0.3, 0.4) is 0 Å². The lowest BCUT2D eigenvalue weighted by molar-refractivity contribution is 0.625. The number of nitrogens with zero attached hydrogens (tertiary/aromatic N) is 3. The van der Waals surface area contributed by atoms with Gasteiger partial charge in [0.1, 0.15) is 5.82 Å². The first-order valence-electron chi connectivity index (χ1n) is 5.56. The van der Waals surface area contributed by atoms with Crippen molar-refractivity contribution in [3.05, 3.63) is 46.2 Å². The first-order valence-corrected chi connectivity index (χ1v) is 5.96. The minimum absolute atomic E-state index is 0.177. The van der Waals surface area contributed by atoms with Crippen molar-refractivity contribution in [1.82, 2.24) is 14.9 Å². The largest absolute Gasteiger partial charge is 0.250 e. The number of nitrogens with one attached hydrogen (secondary N) is 1. The topological polar surface area (TPSA) is 46.0 Å². The van der Waals surface area contributed by atoms with Gasteiger partial charge in [-0.2, -0.15) is 14.9 Å². The van der Waals surface area contributed by atoms with Crippen LogP contribution in [0.4, 0.5) is 4.39 Å². The molecule has 0 saturated carbocycles. The van der Waals surface area contributed by atoms with Gasteiger partial charge < -0.3 is 0 Å². The summed E-state index contributed by atoms with van der Waals surface area (Å²) in [4.78, 5) is 0. The highest BCUT2D eigenvalue weighted by Crippen LogP contribution is 2.11. The Bertz CT molecular complexity index is 627. The molecule has 18 heavy (non-hydrogen) atoms. The second-order valence-corrected chi connectivity index (χ2v) is 4.51. The van der Waals surface area contributed by atoms with Crippen LogP contribution in [0.5, 0.6) is 0 Å². The molecule has 0 spiro atoms. The molecule has 0 fully saturated rings. The summed E-state index contributed by atoms with van der Waals surface area (Å²) in [5.74, 6) is 0.575. The summed E-state index contributed by atoms with van der Waals surface area (Å²) >= 11 is 5.08. The van der Waals surface area contributed by atoms with Crippen LogP contribution in [0.1, 0.15) is 31.2 Å². The van der Waals surface area contributed by atoms with Gasteiger partial charge in [0.2, 0.25) is 4.77 Å². The van der Waals surface area contributed by atoms with Crippen molar-refractivity contribution in [3.8, 4) is 0 Å². The molecule has 0 aliphatic carbocycles. The number of benzene rings is 1. The summed E-state index contributed by atoms with van der Waals surface area (Å²) in [7, 11) is 0. The van der Waals surface area contributed by atoms with Crippen molar-refractivity contribution in [2.24, 2.45) is 5.10 Å². The number of H-pyrrole nitrogens is 1. The first-order chi connectivity index (χ1) is 8.59. The fourth-order valence-corrected chi connectivity index (χ4v) is 1.68. The van der Waals surface area contributed by atoms with Crippen molar-refractivity contribution in [2.75, 3.05) is 0 Å². The van der Waals surface area contributed by atoms with E-state index in [4.69, 9.17) is 12.2 Å². The Morgan fingerprint density at radius 1 is 1.44 bits per heavy atom. The molecule has 0 amide bonds. The quantitative estimate of drug-likeness (QED) is 0.684. The van der Waals surface area contributed by atoms with Crippen molar-refractivity contribution >= 4 is 18.4 Å². The Morgan fingerprint density at radius 3 is 2.83 bits per heavy atom. The molecule has 0 saturated heterocycles. The van der Waals surface area contributed by atoms with Crippen LogP contribution in [-0.2, 0) is 0 Å². The van der Waals surface area contributed by atoms with Gasteiger partial charge in [-0.1, -0.05) is 32.0 Å². The molecular formula is C12H13FN4S. The molecule has 94 valence electrons. The second kappa shape index (κ2) is 5.22. The summed E-state index contributed by atoms with van der Waals surface area (Å²) < 4.78 is 15.3. The van der Waals surface area contributed by atoms with Crippen LogP contribution in [0.25, 0.3) is 0 Å². The monoisotopic (exact) mass is 264 g/mol. The number of hydrogen-bond donors (Lipinski definition) is 1. The van der Waals surface area contributed by atoms with Crippen molar-refractivity contribution in [3.63, 3.8) is 0 Å². The smallest absolute Gasteiger partial charge is 0.216 e. The van der Waals surface area contributed by atoms with Crippen LogP contribution in [0.2, 0.25) is 0 Å². The van der Waals surface area contributed by atoms with Crippen LogP contribution in [-0.4, -0.2) is 21.1 Å². The van der Waals surface area contributed by atoms with Gasteiger partial charge in [-0.3, -0.25) is 5.10 Å². The Balaban J connectivity index is 2.38. The third kappa shape index (κ3) is 2.53. The van der Waals surface area contributed by atoms with E-state index < -0.39 is 0 Å². The fraction of sp³-hybridized carbons (Fsp3) is 0.250. The molecule has 0 radical (unpaired) electrons. The van der Waals surface area contributed by atoms with Gasteiger partial charge in [0.15, 0.2) is 5.82 Å². The molecular weight excluding hydrogens is 251 g/mol. The average Bonchev–Trinajstić information content (AvgIpc) is 2.70. The molecule has 1 N–H and O–H groups in total. The van der Waals surface area contributed by atoms with E-state index in [0.29, 0.717) is 16.2 Å². The summed E-state index contributed by atoms with van der Waals surface area (Å²) in [6.07, 6.45) is 1.44. The SMILES string of the molecule is CC(C)c1n[nH]c(=S)n1/N=C/c1ccccc1F. The molecule has 0 unspecified atom stereocenters. The highest BCUT2D eigenvalue weighted by molar-refractivity contribution is 7.71. The summed E-state index contributed by atoms with van der Waals surface area (Å²) in [5, 5.41) is 10.9. The fourth-order valence-electron chi connectivity index (χ4n) is 1.49. The minimum atomic E-state index is -0.317. The molecule has 1 aromatic carbocycles. The zero-order valence-electron chi connectivity index (χ0n) is 10.1. The maximum Gasteiger partial charge on any atom is 0.216 e. The molecule has 0 aliphatic heterocycles. The highest BCUT2D eigenvalue weighted by atomic mass is 32.1. The Hall–Kier alpha value is -1.82. The van der Waals surface area contributed by atoms with Gasteiger partial charge in [-0.25, -0.2) is 4.39 Å². The first kappa shape index (κ1) is 12.6. The lowest BCUT2D eigenvalue weighted by Crippen LogP contribution is -2.01. The molecule has 1 heterocycles. The van der Waals surface area contributed by atoms with E-state index in [1.165, 1.54) is 17.0 Å². The maximum absolute atomic E-state index is 13.4. The molecule has 0 aliphatic rings. The van der Waals surface area contributed by atoms with E-state index in [9.17, 15) is 4.39 Å². The average molecular weight is 264 g/mol. The van der Waals surface area contributed by atoms with Crippen LogP contribution >= 0.6 is 12.2 Å². The number of halogens is 1. The molecule has 6 heteroatoms. The van der Waals surface area contributed by atoms with Crippen LogP contribution < -0.4 is 0 Å². The molecule has 0 bridgehead atoms. The lowest BCUT2D eigenvalue weighted by atomic mass is 10.2. The van der Waals surface area contributed by atoms with E-state index in [1.807, 2.05) is 13.8 Å². The summed E-state index contributed by atoms with van der Waals surface area (Å²) in [6.45, 7) is 3.97. The predicted octanol–water partition coefficient (Wildman–Crippen LogP) is 3.09. The Labute approximate surface area is 109 Å². The third-order valence-corrected chi connectivity index (χ3v) is 2.67. The zero-order valence-corrected chi connectivity index (χ0v) is 10.9. The van der Waals surface area contributed by atoms with Gasteiger partial charge in [0, 0.05) is 11.5 Å². The molecule has 0 atom stereocenters. The molecule has 4 nitrogen and oxygen atoms in total. The molecule has 2 aromatic rings. The zero-order chi connectivity index (χ0) is 13.1. The van der Waals surface area contributed by atoms with Crippen LogP contribution in [0.15, 0.2) is 29.4 Å². The van der Waals surface area contributed by atoms with Gasteiger partial charge in [-0.15, -0.1) is 0 Å².